The minimum atomic E-state index is -0.740. The molecule has 0 aromatic heterocycles. The van der Waals surface area contributed by atoms with Crippen LogP contribution in [0.25, 0.3) is 0 Å². The molecule has 0 aliphatic carbocycles. The van der Waals surface area contributed by atoms with Crippen LogP contribution in [-0.4, -0.2) is 31.8 Å². The molecule has 0 bridgehead atoms. The van der Waals surface area contributed by atoms with Crippen LogP contribution in [0.4, 0.5) is 0 Å². The minimum Gasteiger partial charge on any atom is -0.493 e. The van der Waals surface area contributed by atoms with Gasteiger partial charge in [-0.3, -0.25) is 0 Å². The van der Waals surface area contributed by atoms with Gasteiger partial charge in [0.15, 0.2) is 11.5 Å². The summed E-state index contributed by atoms with van der Waals surface area (Å²) < 4.78 is 21.0. The van der Waals surface area contributed by atoms with E-state index in [4.69, 9.17) is 14.2 Å². The van der Waals surface area contributed by atoms with Crippen molar-refractivity contribution in [3.8, 4) is 17.2 Å². The van der Waals surface area contributed by atoms with Crippen LogP contribution < -0.4 is 14.2 Å². The minimum absolute atomic E-state index is 0.0752. The second-order valence-electron chi connectivity index (χ2n) is 3.93. The Hall–Kier alpha value is -2.24. The highest BCUT2D eigenvalue weighted by Gasteiger charge is 2.39. The molecule has 0 atom stereocenters. The Kier molecular flexibility index (Phi) is 4.12. The van der Waals surface area contributed by atoms with Crippen molar-refractivity contribution in [3.63, 3.8) is 0 Å². The van der Waals surface area contributed by atoms with Crippen LogP contribution in [0.3, 0.4) is 0 Å². The van der Waals surface area contributed by atoms with Crippen LogP contribution in [0, 0.1) is 0 Å². The molecule has 0 saturated carbocycles. The van der Waals surface area contributed by atoms with Gasteiger partial charge in [0, 0.05) is 6.07 Å². The van der Waals surface area contributed by atoms with Crippen LogP contribution in [0.1, 0.15) is 41.5 Å². The van der Waals surface area contributed by atoms with E-state index in [9.17, 15) is 9.59 Å². The number of carbonyl (C=O) groups is 2. The van der Waals surface area contributed by atoms with Gasteiger partial charge in [0.2, 0.25) is 0 Å². The third-order valence-corrected chi connectivity index (χ3v) is 2.69. The fraction of sp³-hybridized carbons (Fsp3) is 0.429. The summed E-state index contributed by atoms with van der Waals surface area (Å²) >= 11 is 0. The van der Waals surface area contributed by atoms with E-state index in [-0.39, 0.29) is 22.6 Å². The summed E-state index contributed by atoms with van der Waals surface area (Å²) in [6.45, 7) is 6.46. The van der Waals surface area contributed by atoms with Gasteiger partial charge >= 0.3 is 11.9 Å². The lowest BCUT2D eigenvalue weighted by Crippen LogP contribution is -2.07. The van der Waals surface area contributed by atoms with Crippen molar-refractivity contribution in [1.82, 2.24) is 0 Å². The lowest BCUT2D eigenvalue weighted by molar-refractivity contribution is 0.0441. The fourth-order valence-corrected chi connectivity index (χ4v) is 2.02. The predicted molar refractivity (Wildman–Crippen MR) is 69.7 cm³/mol. The molecular formula is C14H16O6. The molecule has 6 heteroatoms. The zero-order chi connectivity index (χ0) is 14.7. The summed E-state index contributed by atoms with van der Waals surface area (Å²) in [6.07, 6.45) is 0. The summed E-state index contributed by atoms with van der Waals surface area (Å²) in [5, 5.41) is 0. The second kappa shape index (κ2) is 5.81. The van der Waals surface area contributed by atoms with Crippen molar-refractivity contribution in [2.45, 2.75) is 20.8 Å². The Balaban J connectivity index is 2.67. The van der Waals surface area contributed by atoms with Crippen molar-refractivity contribution >= 4 is 11.9 Å². The molecule has 1 heterocycles. The van der Waals surface area contributed by atoms with Gasteiger partial charge in [-0.2, -0.15) is 0 Å². The van der Waals surface area contributed by atoms with Crippen molar-refractivity contribution in [3.05, 3.63) is 17.2 Å². The monoisotopic (exact) mass is 280 g/mol. The molecule has 0 saturated heterocycles. The molecule has 2 rings (SSSR count). The Morgan fingerprint density at radius 3 is 2.00 bits per heavy atom. The fourth-order valence-electron chi connectivity index (χ4n) is 2.02. The third-order valence-electron chi connectivity index (χ3n) is 2.69. The van der Waals surface area contributed by atoms with Crippen LogP contribution in [0.2, 0.25) is 0 Å². The summed E-state index contributed by atoms with van der Waals surface area (Å²) in [4.78, 5) is 23.6. The maximum absolute atomic E-state index is 11.9. The van der Waals surface area contributed by atoms with Crippen LogP contribution in [0.5, 0.6) is 17.2 Å². The number of esters is 2. The van der Waals surface area contributed by atoms with Crippen molar-refractivity contribution in [2.24, 2.45) is 0 Å². The molecule has 6 nitrogen and oxygen atoms in total. The Labute approximate surface area is 116 Å². The molecule has 1 aliphatic heterocycles. The molecule has 20 heavy (non-hydrogen) atoms. The molecule has 0 amide bonds. The quantitative estimate of drug-likeness (QED) is 0.587. The zero-order valence-electron chi connectivity index (χ0n) is 11.6. The molecule has 0 fully saturated rings. The van der Waals surface area contributed by atoms with Gasteiger partial charge in [-0.25, -0.2) is 9.59 Å². The normalized spacial score (nSPS) is 12.9. The van der Waals surface area contributed by atoms with Crippen LogP contribution >= 0.6 is 0 Å². The number of cyclic esters (lactones) is 2. The number of hydrogen-bond donors (Lipinski definition) is 0. The van der Waals surface area contributed by atoms with Crippen LogP contribution in [-0.2, 0) is 4.74 Å². The molecule has 1 aromatic rings. The number of hydrogen-bond acceptors (Lipinski definition) is 6. The third kappa shape index (κ3) is 2.29. The van der Waals surface area contributed by atoms with E-state index in [1.165, 1.54) is 0 Å². The summed E-state index contributed by atoms with van der Waals surface area (Å²) in [5.74, 6) is -0.606. The molecule has 0 radical (unpaired) electrons. The van der Waals surface area contributed by atoms with Gasteiger partial charge < -0.3 is 18.9 Å². The van der Waals surface area contributed by atoms with Gasteiger partial charge in [-0.15, -0.1) is 0 Å². The van der Waals surface area contributed by atoms with E-state index in [0.29, 0.717) is 25.6 Å². The summed E-state index contributed by atoms with van der Waals surface area (Å²) in [7, 11) is 0. The van der Waals surface area contributed by atoms with E-state index >= 15 is 0 Å². The molecular weight excluding hydrogens is 264 g/mol. The lowest BCUT2D eigenvalue weighted by Gasteiger charge is -2.15. The average Bonchev–Trinajstić information content (AvgIpc) is 2.70. The van der Waals surface area contributed by atoms with Gasteiger partial charge in [-0.1, -0.05) is 0 Å². The standard InChI is InChI=1S/C14H16O6/c1-4-17-8-7-9(18-5-2)12(19-6-3)11-10(8)13(15)20-14(11)16/h7H,4-6H2,1-3H3. The number of ether oxygens (including phenoxy) is 4. The number of carbonyl (C=O) groups excluding carboxylic acids is 2. The van der Waals surface area contributed by atoms with Gasteiger partial charge in [0.1, 0.15) is 16.9 Å². The van der Waals surface area contributed by atoms with Crippen molar-refractivity contribution in [1.29, 1.82) is 0 Å². The first-order valence-corrected chi connectivity index (χ1v) is 6.49. The first-order chi connectivity index (χ1) is 9.63. The predicted octanol–water partition coefficient (Wildman–Crippen LogP) is 2.19. The Morgan fingerprint density at radius 2 is 1.40 bits per heavy atom. The Bertz CT molecular complexity index is 549. The molecule has 0 spiro atoms. The average molecular weight is 280 g/mol. The smallest absolute Gasteiger partial charge is 0.351 e. The highest BCUT2D eigenvalue weighted by Crippen LogP contribution is 2.43. The maximum atomic E-state index is 11.9. The van der Waals surface area contributed by atoms with E-state index in [2.05, 4.69) is 4.74 Å². The number of benzene rings is 1. The highest BCUT2D eigenvalue weighted by molar-refractivity contribution is 6.18. The summed E-state index contributed by atoms with van der Waals surface area (Å²) in [5.41, 5.74) is 0.176. The van der Waals surface area contributed by atoms with E-state index in [0.717, 1.165) is 0 Å². The molecule has 108 valence electrons. The van der Waals surface area contributed by atoms with Gasteiger partial charge in [-0.05, 0) is 20.8 Å². The molecule has 1 aliphatic rings. The first-order valence-electron chi connectivity index (χ1n) is 6.49. The van der Waals surface area contributed by atoms with Crippen molar-refractivity contribution in [2.75, 3.05) is 19.8 Å². The second-order valence-corrected chi connectivity index (χ2v) is 3.93. The number of rotatable bonds is 6. The zero-order valence-corrected chi connectivity index (χ0v) is 11.6. The first kappa shape index (κ1) is 14.2. The highest BCUT2D eigenvalue weighted by atomic mass is 16.6. The lowest BCUT2D eigenvalue weighted by atomic mass is 10.1. The topological polar surface area (TPSA) is 71.1 Å². The van der Waals surface area contributed by atoms with Crippen molar-refractivity contribution < 1.29 is 28.5 Å². The van der Waals surface area contributed by atoms with Gasteiger partial charge in [0.25, 0.3) is 0 Å². The van der Waals surface area contributed by atoms with Gasteiger partial charge in [0.05, 0.1) is 19.8 Å². The van der Waals surface area contributed by atoms with Crippen LogP contribution in [0.15, 0.2) is 6.07 Å². The van der Waals surface area contributed by atoms with E-state index < -0.39 is 11.9 Å². The maximum Gasteiger partial charge on any atom is 0.351 e. The SMILES string of the molecule is CCOc1cc(OCC)c2c(c1OCC)C(=O)OC2=O. The summed E-state index contributed by atoms with van der Waals surface area (Å²) in [6, 6.07) is 1.55. The molecule has 0 unspecified atom stereocenters. The largest absolute Gasteiger partial charge is 0.493 e. The molecule has 1 aromatic carbocycles. The Morgan fingerprint density at radius 1 is 0.850 bits per heavy atom. The molecule has 0 N–H and O–H groups in total. The number of fused-ring (bicyclic) bond motifs is 1. The van der Waals surface area contributed by atoms with E-state index in [1.807, 2.05) is 6.92 Å². The van der Waals surface area contributed by atoms with E-state index in [1.54, 1.807) is 19.9 Å².